The quantitative estimate of drug-likeness (QED) is 0.514. The number of nitrogens with zero attached hydrogens (tertiary/aromatic N) is 3. The predicted molar refractivity (Wildman–Crippen MR) is 129 cm³/mol. The van der Waals surface area contributed by atoms with Crippen LogP contribution in [0.3, 0.4) is 0 Å². The van der Waals surface area contributed by atoms with Crippen LogP contribution in [0.4, 0.5) is 4.39 Å². The molecule has 3 aromatic rings. The Morgan fingerprint density at radius 1 is 1.31 bits per heavy atom. The van der Waals surface area contributed by atoms with Crippen LogP contribution < -0.4 is 5.32 Å². The number of halogens is 1. The van der Waals surface area contributed by atoms with Gasteiger partial charge in [0.05, 0.1) is 27.9 Å². The van der Waals surface area contributed by atoms with Gasteiger partial charge in [-0.15, -0.1) is 11.3 Å². The Balaban J connectivity index is 1.47. The summed E-state index contributed by atoms with van der Waals surface area (Å²) in [6.07, 6.45) is -0.894. The first-order valence-electron chi connectivity index (χ1n) is 11.5. The van der Waals surface area contributed by atoms with E-state index in [0.717, 1.165) is 26.6 Å². The highest BCUT2D eigenvalue weighted by molar-refractivity contribution is 7.13. The number of aliphatic hydroxyl groups excluding tert-OH is 1. The Hall–Kier alpha value is -3.11. The van der Waals surface area contributed by atoms with Crippen LogP contribution in [-0.2, 0) is 21.8 Å². The lowest BCUT2D eigenvalue weighted by atomic mass is 9.87. The number of β-amino-alcohol motifs (C(OH)–C–C–N with tert-alkyl or cyclic N) is 1. The summed E-state index contributed by atoms with van der Waals surface area (Å²) in [7, 11) is 0. The first kappa shape index (κ1) is 25.0. The summed E-state index contributed by atoms with van der Waals surface area (Å²) >= 11 is 1.57. The zero-order chi connectivity index (χ0) is 25.3. The van der Waals surface area contributed by atoms with E-state index >= 15 is 4.39 Å². The van der Waals surface area contributed by atoms with E-state index in [4.69, 9.17) is 4.52 Å². The maximum Gasteiger partial charge on any atom is 0.269 e. The van der Waals surface area contributed by atoms with Crippen LogP contribution in [0.15, 0.2) is 40.4 Å². The van der Waals surface area contributed by atoms with Gasteiger partial charge in [0.1, 0.15) is 6.04 Å². The molecule has 1 fully saturated rings. The molecule has 0 saturated carbocycles. The summed E-state index contributed by atoms with van der Waals surface area (Å²) in [5, 5.41) is 16.8. The number of likely N-dealkylation sites (tertiary alicyclic amines) is 1. The Kier molecular flexibility index (Phi) is 7.05. The molecule has 2 amide bonds. The number of rotatable bonds is 7. The van der Waals surface area contributed by atoms with Crippen molar-refractivity contribution in [3.8, 4) is 10.4 Å². The highest BCUT2D eigenvalue weighted by Crippen LogP contribution is 2.38. The van der Waals surface area contributed by atoms with Crippen molar-refractivity contribution in [2.45, 2.75) is 58.5 Å². The molecule has 0 spiro atoms. The molecule has 2 N–H and O–H groups in total. The second-order valence-electron chi connectivity index (χ2n) is 9.24. The van der Waals surface area contributed by atoms with Gasteiger partial charge in [0.2, 0.25) is 5.91 Å². The molecule has 1 saturated heterocycles. The fourth-order valence-electron chi connectivity index (χ4n) is 4.33. The third-order valence-corrected chi connectivity index (χ3v) is 7.34. The maximum absolute atomic E-state index is 16.2. The molecule has 1 aliphatic rings. The Morgan fingerprint density at radius 2 is 2.03 bits per heavy atom. The second-order valence-corrected chi connectivity index (χ2v) is 10.1. The Morgan fingerprint density at radius 3 is 2.60 bits per heavy atom. The molecule has 4 rings (SSSR count). The molecule has 0 bridgehead atoms. The summed E-state index contributed by atoms with van der Waals surface area (Å²) in [5.74, 6) is -2.34. The number of carbonyl (C=O) groups excluding carboxylic acids is 2. The van der Waals surface area contributed by atoms with Crippen molar-refractivity contribution in [3.63, 3.8) is 0 Å². The zero-order valence-electron chi connectivity index (χ0n) is 20.1. The monoisotopic (exact) mass is 500 g/mol. The lowest BCUT2D eigenvalue weighted by Gasteiger charge is -2.32. The number of nitrogens with one attached hydrogen (secondary N) is 1. The van der Waals surface area contributed by atoms with Gasteiger partial charge in [0.25, 0.3) is 11.6 Å². The molecule has 0 radical (unpaired) electrons. The molecular formula is C25H29FN4O4S. The van der Waals surface area contributed by atoms with Crippen LogP contribution in [-0.4, -0.2) is 50.7 Å². The number of hydrogen-bond acceptors (Lipinski definition) is 7. The summed E-state index contributed by atoms with van der Waals surface area (Å²) in [6.45, 7) is 6.83. The smallest absolute Gasteiger partial charge is 0.269 e. The molecule has 2 aromatic heterocycles. The second kappa shape index (κ2) is 9.87. The third-order valence-electron chi connectivity index (χ3n) is 6.36. The van der Waals surface area contributed by atoms with Crippen molar-refractivity contribution in [1.29, 1.82) is 0 Å². The average molecular weight is 501 g/mol. The van der Waals surface area contributed by atoms with Crippen LogP contribution in [0.2, 0.25) is 0 Å². The SMILES string of the molecule is Cc1cc([C@](F)(C(=O)N2C[C@H](O)C[C@H]2C(=O)NCc2ccc(-c3scnc3C)cc2)C(C)C)on1. The van der Waals surface area contributed by atoms with E-state index in [1.807, 2.05) is 31.2 Å². The number of hydrogen-bond donors (Lipinski definition) is 2. The molecule has 0 aliphatic carbocycles. The van der Waals surface area contributed by atoms with E-state index in [0.29, 0.717) is 5.69 Å². The fraction of sp³-hybridized carbons (Fsp3) is 0.440. The molecule has 3 atom stereocenters. The number of carbonyl (C=O) groups is 2. The van der Waals surface area contributed by atoms with Gasteiger partial charge in [-0.2, -0.15) is 0 Å². The van der Waals surface area contributed by atoms with Crippen molar-refractivity contribution in [2.24, 2.45) is 5.92 Å². The number of benzene rings is 1. The van der Waals surface area contributed by atoms with Crippen molar-refractivity contribution in [2.75, 3.05) is 6.54 Å². The molecule has 1 aliphatic heterocycles. The molecule has 1 aromatic carbocycles. The zero-order valence-corrected chi connectivity index (χ0v) is 20.9. The van der Waals surface area contributed by atoms with E-state index in [2.05, 4.69) is 15.5 Å². The summed E-state index contributed by atoms with van der Waals surface area (Å²) < 4.78 is 21.3. The fourth-order valence-corrected chi connectivity index (χ4v) is 5.14. The van der Waals surface area contributed by atoms with Crippen LogP contribution in [0.25, 0.3) is 10.4 Å². The van der Waals surface area contributed by atoms with E-state index in [1.165, 1.54) is 6.07 Å². The van der Waals surface area contributed by atoms with E-state index in [-0.39, 0.29) is 25.3 Å². The molecule has 3 heterocycles. The molecular weight excluding hydrogens is 471 g/mol. The summed E-state index contributed by atoms with van der Waals surface area (Å²) in [5.41, 5.74) is 2.63. The minimum absolute atomic E-state index is 0.0325. The number of aliphatic hydroxyl groups is 1. The average Bonchev–Trinajstić information content (AvgIpc) is 3.56. The standard InChI is InChI=1S/C25H29FN4O4S/c1-14(2)25(26,21-9-15(3)29-34-21)24(33)30-12-19(31)10-20(30)23(32)27-11-17-5-7-18(8-6-17)22-16(4)28-13-35-22/h5-9,13-14,19-20,31H,10-12H2,1-4H3,(H,27,32)/t19-,20+,25+/m1/s1. The largest absolute Gasteiger partial charge is 0.391 e. The number of thiazole rings is 1. The first-order valence-corrected chi connectivity index (χ1v) is 12.4. The van der Waals surface area contributed by atoms with Crippen molar-refractivity contribution in [1.82, 2.24) is 20.4 Å². The van der Waals surface area contributed by atoms with Gasteiger partial charge in [-0.1, -0.05) is 43.3 Å². The van der Waals surface area contributed by atoms with Gasteiger partial charge in [-0.3, -0.25) is 9.59 Å². The van der Waals surface area contributed by atoms with Crippen molar-refractivity contribution >= 4 is 23.2 Å². The highest BCUT2D eigenvalue weighted by atomic mass is 32.1. The minimum atomic E-state index is -2.51. The van der Waals surface area contributed by atoms with E-state index < -0.39 is 35.5 Å². The van der Waals surface area contributed by atoms with Gasteiger partial charge in [0.15, 0.2) is 5.76 Å². The number of aryl methyl sites for hydroxylation is 2. The van der Waals surface area contributed by atoms with Gasteiger partial charge >= 0.3 is 0 Å². The first-order chi connectivity index (χ1) is 16.6. The third kappa shape index (κ3) is 4.85. The van der Waals surface area contributed by atoms with Crippen molar-refractivity contribution < 1.29 is 23.6 Å². The topological polar surface area (TPSA) is 109 Å². The van der Waals surface area contributed by atoms with Crippen LogP contribution in [0, 0.1) is 19.8 Å². The van der Waals surface area contributed by atoms with Crippen molar-refractivity contribution in [3.05, 3.63) is 58.6 Å². The molecule has 0 unspecified atom stereocenters. The highest BCUT2D eigenvalue weighted by Gasteiger charge is 2.53. The normalized spacial score (nSPS) is 19.7. The van der Waals surface area contributed by atoms with E-state index in [9.17, 15) is 14.7 Å². The molecule has 8 nitrogen and oxygen atoms in total. The van der Waals surface area contributed by atoms with Gasteiger partial charge in [-0.25, -0.2) is 9.37 Å². The van der Waals surface area contributed by atoms with Crippen LogP contribution >= 0.6 is 11.3 Å². The maximum atomic E-state index is 16.2. The lowest BCUT2D eigenvalue weighted by Crippen LogP contribution is -2.53. The molecule has 186 valence electrons. The van der Waals surface area contributed by atoms with Gasteiger partial charge in [0, 0.05) is 31.5 Å². The summed E-state index contributed by atoms with van der Waals surface area (Å²) in [4.78, 5) is 32.9. The number of amides is 2. The molecule has 35 heavy (non-hydrogen) atoms. The Bertz CT molecular complexity index is 1210. The molecule has 10 heteroatoms. The van der Waals surface area contributed by atoms with Crippen LogP contribution in [0.1, 0.15) is 43.0 Å². The predicted octanol–water partition coefficient (Wildman–Crippen LogP) is 3.51. The summed E-state index contributed by atoms with van der Waals surface area (Å²) in [6, 6.07) is 8.16. The number of aromatic nitrogens is 2. The Labute approximate surface area is 207 Å². The number of alkyl halides is 1. The van der Waals surface area contributed by atoms with Crippen LogP contribution in [0.5, 0.6) is 0 Å². The van der Waals surface area contributed by atoms with Gasteiger partial charge < -0.3 is 19.8 Å². The minimum Gasteiger partial charge on any atom is -0.391 e. The lowest BCUT2D eigenvalue weighted by molar-refractivity contribution is -0.154. The van der Waals surface area contributed by atoms with Gasteiger partial charge in [-0.05, 0) is 25.0 Å². The van der Waals surface area contributed by atoms with E-state index in [1.54, 1.807) is 37.6 Å².